The fourth-order valence-electron chi connectivity index (χ4n) is 3.55. The van der Waals surface area contributed by atoms with Crippen LogP contribution in [0.1, 0.15) is 31.2 Å². The van der Waals surface area contributed by atoms with Gasteiger partial charge >= 0.3 is 0 Å². The maximum absolute atomic E-state index is 12.6. The highest BCUT2D eigenvalue weighted by Gasteiger charge is 2.29. The number of amides is 2. The highest BCUT2D eigenvalue weighted by molar-refractivity contribution is 6.45. The maximum atomic E-state index is 12.6. The number of pyridine rings is 1. The SMILES string of the molecule is N=C(C(=O)NC1CCNCC1)c1cc(-c2cncc(NC(=O)C3CC3)c2)ccc1N. The van der Waals surface area contributed by atoms with Crippen LogP contribution in [0.5, 0.6) is 0 Å². The van der Waals surface area contributed by atoms with Crippen molar-refractivity contribution in [3.8, 4) is 11.1 Å². The van der Waals surface area contributed by atoms with Crippen LogP contribution in [0.25, 0.3) is 11.1 Å². The van der Waals surface area contributed by atoms with Crippen LogP contribution in [0.4, 0.5) is 11.4 Å². The van der Waals surface area contributed by atoms with Crippen molar-refractivity contribution in [2.24, 2.45) is 5.92 Å². The summed E-state index contributed by atoms with van der Waals surface area (Å²) in [5.74, 6) is -0.298. The molecule has 1 saturated heterocycles. The molecule has 2 aromatic rings. The fourth-order valence-corrected chi connectivity index (χ4v) is 3.55. The number of nitrogen functional groups attached to an aromatic ring is 1. The molecule has 2 aliphatic rings. The Balaban J connectivity index is 1.51. The third-order valence-corrected chi connectivity index (χ3v) is 5.51. The second-order valence-electron chi connectivity index (χ2n) is 7.90. The van der Waals surface area contributed by atoms with Gasteiger partial charge in [0.15, 0.2) is 0 Å². The van der Waals surface area contributed by atoms with Crippen molar-refractivity contribution >= 4 is 28.9 Å². The predicted octanol–water partition coefficient (Wildman–Crippen LogP) is 1.92. The van der Waals surface area contributed by atoms with E-state index in [4.69, 9.17) is 11.1 Å². The van der Waals surface area contributed by atoms with Gasteiger partial charge in [-0.3, -0.25) is 20.0 Å². The van der Waals surface area contributed by atoms with Gasteiger partial charge in [0, 0.05) is 35.0 Å². The number of nitrogens with two attached hydrogens (primary N) is 1. The third kappa shape index (κ3) is 4.65. The van der Waals surface area contributed by atoms with Crippen LogP contribution >= 0.6 is 0 Å². The van der Waals surface area contributed by atoms with Crippen molar-refractivity contribution in [1.82, 2.24) is 15.6 Å². The predicted molar refractivity (Wildman–Crippen MR) is 116 cm³/mol. The van der Waals surface area contributed by atoms with Gasteiger partial charge < -0.3 is 21.7 Å². The van der Waals surface area contributed by atoms with E-state index in [1.54, 1.807) is 24.5 Å². The van der Waals surface area contributed by atoms with Crippen LogP contribution in [0.2, 0.25) is 0 Å². The number of benzene rings is 1. The number of rotatable bonds is 6. The van der Waals surface area contributed by atoms with Crippen LogP contribution in [0.15, 0.2) is 36.7 Å². The lowest BCUT2D eigenvalue weighted by molar-refractivity contribution is -0.117. The van der Waals surface area contributed by atoms with Crippen LogP contribution in [-0.2, 0) is 9.59 Å². The molecule has 6 N–H and O–H groups in total. The number of hydrogen-bond donors (Lipinski definition) is 5. The Labute approximate surface area is 175 Å². The lowest BCUT2D eigenvalue weighted by Crippen LogP contribution is -2.45. The van der Waals surface area contributed by atoms with Gasteiger partial charge in [-0.25, -0.2) is 0 Å². The van der Waals surface area contributed by atoms with Gasteiger partial charge in [0.1, 0.15) is 5.71 Å². The number of aromatic nitrogens is 1. The summed E-state index contributed by atoms with van der Waals surface area (Å²) in [5.41, 5.74) is 8.84. The Morgan fingerprint density at radius 2 is 1.83 bits per heavy atom. The van der Waals surface area contributed by atoms with E-state index in [0.29, 0.717) is 16.9 Å². The molecule has 2 heterocycles. The minimum absolute atomic E-state index is 0.0170. The van der Waals surface area contributed by atoms with Crippen LogP contribution in [-0.4, -0.2) is 41.6 Å². The molecule has 8 heteroatoms. The van der Waals surface area contributed by atoms with Gasteiger partial charge in [-0.2, -0.15) is 0 Å². The van der Waals surface area contributed by atoms with E-state index in [9.17, 15) is 9.59 Å². The van der Waals surface area contributed by atoms with E-state index in [-0.39, 0.29) is 23.6 Å². The molecule has 0 unspecified atom stereocenters. The Morgan fingerprint density at radius 3 is 2.57 bits per heavy atom. The first kappa shape index (κ1) is 20.0. The molecule has 2 fully saturated rings. The number of hydrogen-bond acceptors (Lipinski definition) is 6. The number of nitrogens with one attached hydrogen (secondary N) is 4. The molecule has 156 valence electrons. The summed E-state index contributed by atoms with van der Waals surface area (Å²) in [4.78, 5) is 28.8. The van der Waals surface area contributed by atoms with E-state index in [0.717, 1.165) is 49.9 Å². The second kappa shape index (κ2) is 8.62. The first-order valence-corrected chi connectivity index (χ1v) is 10.3. The number of carbonyl (C=O) groups is 2. The Kier molecular flexibility index (Phi) is 5.76. The van der Waals surface area contributed by atoms with Crippen LogP contribution < -0.4 is 21.7 Å². The quantitative estimate of drug-likeness (QED) is 0.369. The van der Waals surface area contributed by atoms with E-state index >= 15 is 0 Å². The third-order valence-electron chi connectivity index (χ3n) is 5.51. The van der Waals surface area contributed by atoms with Crippen molar-refractivity contribution in [3.05, 3.63) is 42.2 Å². The van der Waals surface area contributed by atoms with Crippen molar-refractivity contribution in [2.45, 2.75) is 31.7 Å². The lowest BCUT2D eigenvalue weighted by atomic mass is 9.99. The van der Waals surface area contributed by atoms with Gasteiger partial charge in [-0.05, 0) is 62.5 Å². The Morgan fingerprint density at radius 1 is 1.07 bits per heavy atom. The monoisotopic (exact) mass is 406 g/mol. The van der Waals surface area contributed by atoms with Crippen molar-refractivity contribution in [3.63, 3.8) is 0 Å². The topological polar surface area (TPSA) is 133 Å². The summed E-state index contributed by atoms with van der Waals surface area (Å²) in [7, 11) is 0. The van der Waals surface area contributed by atoms with Crippen molar-refractivity contribution in [1.29, 1.82) is 5.41 Å². The normalized spacial score (nSPS) is 16.7. The average Bonchev–Trinajstić information content (AvgIpc) is 3.60. The molecule has 0 atom stereocenters. The first-order chi connectivity index (χ1) is 14.5. The molecule has 0 radical (unpaired) electrons. The molecule has 1 saturated carbocycles. The summed E-state index contributed by atoms with van der Waals surface area (Å²) >= 11 is 0. The maximum Gasteiger partial charge on any atom is 0.270 e. The lowest BCUT2D eigenvalue weighted by Gasteiger charge is -2.24. The van der Waals surface area contributed by atoms with Gasteiger partial charge in [0.05, 0.1) is 11.9 Å². The molecule has 30 heavy (non-hydrogen) atoms. The molecule has 1 aliphatic carbocycles. The molecule has 8 nitrogen and oxygen atoms in total. The van der Waals surface area contributed by atoms with Gasteiger partial charge in [-0.15, -0.1) is 0 Å². The second-order valence-corrected chi connectivity index (χ2v) is 7.90. The summed E-state index contributed by atoms with van der Waals surface area (Å²) in [6, 6.07) is 7.14. The zero-order valence-electron chi connectivity index (χ0n) is 16.7. The Hall–Kier alpha value is -3.26. The summed E-state index contributed by atoms with van der Waals surface area (Å²) < 4.78 is 0. The molecule has 1 aromatic heterocycles. The molecule has 1 aliphatic heterocycles. The highest BCUT2D eigenvalue weighted by Crippen LogP contribution is 2.31. The molecule has 4 rings (SSSR count). The van der Waals surface area contributed by atoms with Crippen molar-refractivity contribution in [2.75, 3.05) is 24.1 Å². The van der Waals surface area contributed by atoms with E-state index in [1.807, 2.05) is 12.1 Å². The van der Waals surface area contributed by atoms with Crippen LogP contribution in [0.3, 0.4) is 0 Å². The summed E-state index contributed by atoms with van der Waals surface area (Å²) in [6.07, 6.45) is 6.85. The van der Waals surface area contributed by atoms with Gasteiger partial charge in [0.25, 0.3) is 5.91 Å². The first-order valence-electron chi connectivity index (χ1n) is 10.3. The number of piperidine rings is 1. The molecular formula is C22H26N6O2. The number of carbonyl (C=O) groups excluding carboxylic acids is 2. The fraction of sp³-hybridized carbons (Fsp3) is 0.364. The molecule has 2 amide bonds. The van der Waals surface area contributed by atoms with E-state index in [2.05, 4.69) is 20.9 Å². The average molecular weight is 406 g/mol. The molecule has 1 aromatic carbocycles. The highest BCUT2D eigenvalue weighted by atomic mass is 16.2. The number of nitrogens with zero attached hydrogens (tertiary/aromatic N) is 1. The summed E-state index contributed by atoms with van der Waals surface area (Å²) in [6.45, 7) is 1.72. The van der Waals surface area contributed by atoms with E-state index < -0.39 is 5.91 Å². The minimum atomic E-state index is -0.422. The van der Waals surface area contributed by atoms with Gasteiger partial charge in [-0.1, -0.05) is 6.07 Å². The Bertz CT molecular complexity index is 979. The zero-order valence-corrected chi connectivity index (χ0v) is 16.7. The molecule has 0 spiro atoms. The van der Waals surface area contributed by atoms with Crippen molar-refractivity contribution < 1.29 is 9.59 Å². The molecular weight excluding hydrogens is 380 g/mol. The largest absolute Gasteiger partial charge is 0.398 e. The summed E-state index contributed by atoms with van der Waals surface area (Å²) in [5, 5.41) is 17.4. The minimum Gasteiger partial charge on any atom is -0.398 e. The standard InChI is InChI=1S/C22H26N6O2/c23-19-4-3-14(15-9-17(12-26-11-15)28-21(29)13-1-2-13)10-18(19)20(24)22(30)27-16-5-7-25-8-6-16/h3-4,9-13,16,24-25H,1-2,5-8,23H2,(H,27,30)(H,28,29). The zero-order chi connectivity index (χ0) is 21.1. The molecule has 0 bridgehead atoms. The van der Waals surface area contributed by atoms with Gasteiger partial charge in [0.2, 0.25) is 5.91 Å². The number of anilines is 2. The van der Waals surface area contributed by atoms with E-state index in [1.165, 1.54) is 0 Å². The van der Waals surface area contributed by atoms with Crippen LogP contribution in [0, 0.1) is 11.3 Å². The smallest absolute Gasteiger partial charge is 0.270 e.